The molecule has 1 aromatic rings. The molecule has 0 radical (unpaired) electrons. The van der Waals surface area contributed by atoms with E-state index in [2.05, 4.69) is 0 Å². The number of nitrogens with zero attached hydrogens (tertiary/aromatic N) is 1. The fourth-order valence-electron chi connectivity index (χ4n) is 0.901. The van der Waals surface area contributed by atoms with Crippen LogP contribution in [0.5, 0.6) is 0 Å². The van der Waals surface area contributed by atoms with Gasteiger partial charge in [0.15, 0.2) is 0 Å². The lowest BCUT2D eigenvalue weighted by Crippen LogP contribution is -1.76. The quantitative estimate of drug-likeness (QED) is 0.554. The van der Waals surface area contributed by atoms with Crippen molar-refractivity contribution in [1.82, 2.24) is 0 Å². The Labute approximate surface area is 66.6 Å². The topological polar surface area (TPSA) is 23.8 Å². The third-order valence-electron chi connectivity index (χ3n) is 1.53. The van der Waals surface area contributed by atoms with E-state index in [-0.39, 0.29) is 0 Å². The maximum Gasteiger partial charge on any atom is 0.0912 e. The first-order valence-electron chi connectivity index (χ1n) is 3.46. The summed E-state index contributed by atoms with van der Waals surface area (Å²) in [5.74, 6) is 0. The van der Waals surface area contributed by atoms with E-state index in [0.29, 0.717) is 0 Å². The van der Waals surface area contributed by atoms with Gasteiger partial charge in [-0.1, -0.05) is 24.3 Å². The number of benzene rings is 1. The molecule has 0 bridgehead atoms. The van der Waals surface area contributed by atoms with E-state index in [1.54, 1.807) is 0 Å². The van der Waals surface area contributed by atoms with Crippen molar-refractivity contribution < 1.29 is 0 Å². The number of aryl methyl sites for hydroxylation is 1. The molecule has 0 unspecified atom stereocenters. The smallest absolute Gasteiger partial charge is 0.0912 e. The van der Waals surface area contributed by atoms with Gasteiger partial charge < -0.3 is 0 Å². The zero-order chi connectivity index (χ0) is 8.10. The summed E-state index contributed by atoms with van der Waals surface area (Å²) in [4.78, 5) is 0. The number of allylic oxidation sites excluding steroid dienone is 1. The fourth-order valence-corrected chi connectivity index (χ4v) is 0.901. The molecule has 0 heterocycles. The summed E-state index contributed by atoms with van der Waals surface area (Å²) < 4.78 is 0. The highest BCUT2D eigenvalue weighted by molar-refractivity contribution is 5.55. The molecule has 54 valence electrons. The number of rotatable bonds is 1. The van der Waals surface area contributed by atoms with Gasteiger partial charge in [-0.25, -0.2) is 0 Å². The van der Waals surface area contributed by atoms with E-state index in [9.17, 15) is 0 Å². The molecule has 0 fully saturated rings. The highest BCUT2D eigenvalue weighted by atomic mass is 14.2. The SMILES string of the molecule is Cc1ccccc1/C=C/C#N. The van der Waals surface area contributed by atoms with Crippen molar-refractivity contribution in [2.24, 2.45) is 0 Å². The first kappa shape index (κ1) is 7.56. The molecule has 0 saturated carbocycles. The summed E-state index contributed by atoms with van der Waals surface area (Å²) in [5.41, 5.74) is 2.30. The Morgan fingerprint density at radius 2 is 2.09 bits per heavy atom. The van der Waals surface area contributed by atoms with Gasteiger partial charge in [-0.05, 0) is 24.1 Å². The monoisotopic (exact) mass is 143 g/mol. The number of nitriles is 1. The van der Waals surface area contributed by atoms with E-state index in [0.717, 1.165) is 5.56 Å². The van der Waals surface area contributed by atoms with E-state index in [1.807, 2.05) is 43.3 Å². The van der Waals surface area contributed by atoms with Crippen LogP contribution in [0.1, 0.15) is 11.1 Å². The van der Waals surface area contributed by atoms with E-state index in [4.69, 9.17) is 5.26 Å². The predicted octanol–water partition coefficient (Wildman–Crippen LogP) is 2.53. The van der Waals surface area contributed by atoms with Crippen LogP contribution in [0.2, 0.25) is 0 Å². The highest BCUT2D eigenvalue weighted by Crippen LogP contribution is 2.07. The van der Waals surface area contributed by atoms with Gasteiger partial charge in [0.25, 0.3) is 0 Å². The van der Waals surface area contributed by atoms with Gasteiger partial charge in [0, 0.05) is 6.08 Å². The third-order valence-corrected chi connectivity index (χ3v) is 1.53. The van der Waals surface area contributed by atoms with Crippen molar-refractivity contribution in [2.45, 2.75) is 6.92 Å². The van der Waals surface area contributed by atoms with Crippen molar-refractivity contribution in [2.75, 3.05) is 0 Å². The summed E-state index contributed by atoms with van der Waals surface area (Å²) in [6, 6.07) is 9.92. The van der Waals surface area contributed by atoms with Crippen LogP contribution in [0.25, 0.3) is 6.08 Å². The second-order valence-electron chi connectivity index (χ2n) is 2.32. The van der Waals surface area contributed by atoms with Crippen LogP contribution >= 0.6 is 0 Å². The van der Waals surface area contributed by atoms with Crippen molar-refractivity contribution in [3.63, 3.8) is 0 Å². The zero-order valence-corrected chi connectivity index (χ0v) is 6.41. The summed E-state index contributed by atoms with van der Waals surface area (Å²) in [6.45, 7) is 2.02. The number of hydrogen-bond donors (Lipinski definition) is 0. The minimum Gasteiger partial charge on any atom is -0.193 e. The molecular formula is C10H9N. The molecule has 0 saturated heterocycles. The molecular weight excluding hydrogens is 134 g/mol. The minimum absolute atomic E-state index is 1.11. The van der Waals surface area contributed by atoms with Crippen molar-refractivity contribution in [3.8, 4) is 6.07 Å². The Hall–Kier alpha value is -1.55. The fraction of sp³-hybridized carbons (Fsp3) is 0.100. The van der Waals surface area contributed by atoms with Gasteiger partial charge in [-0.15, -0.1) is 0 Å². The largest absolute Gasteiger partial charge is 0.193 e. The van der Waals surface area contributed by atoms with Crippen LogP contribution in [-0.2, 0) is 0 Å². The second kappa shape index (κ2) is 3.58. The summed E-state index contributed by atoms with van der Waals surface area (Å²) in [5, 5.41) is 8.28. The highest BCUT2D eigenvalue weighted by Gasteiger charge is 1.88. The summed E-state index contributed by atoms with van der Waals surface area (Å²) in [7, 11) is 0. The van der Waals surface area contributed by atoms with Crippen molar-refractivity contribution >= 4 is 6.08 Å². The average Bonchev–Trinajstić information content (AvgIpc) is 2.03. The van der Waals surface area contributed by atoms with E-state index in [1.165, 1.54) is 11.6 Å². The molecule has 1 heteroatoms. The Bertz CT molecular complexity index is 305. The van der Waals surface area contributed by atoms with Crippen LogP contribution in [0.4, 0.5) is 0 Å². The Morgan fingerprint density at radius 3 is 2.73 bits per heavy atom. The van der Waals surface area contributed by atoms with Crippen molar-refractivity contribution in [1.29, 1.82) is 5.26 Å². The lowest BCUT2D eigenvalue weighted by Gasteiger charge is -1.95. The Morgan fingerprint density at radius 1 is 1.36 bits per heavy atom. The average molecular weight is 143 g/mol. The van der Waals surface area contributed by atoms with Crippen LogP contribution < -0.4 is 0 Å². The number of hydrogen-bond acceptors (Lipinski definition) is 1. The second-order valence-corrected chi connectivity index (χ2v) is 2.32. The first-order chi connectivity index (χ1) is 5.34. The maximum absolute atomic E-state index is 8.28. The lowest BCUT2D eigenvalue weighted by molar-refractivity contribution is 1.44. The van der Waals surface area contributed by atoms with Gasteiger partial charge in [0.05, 0.1) is 6.07 Å². The molecule has 11 heavy (non-hydrogen) atoms. The Balaban J connectivity index is 2.97. The molecule has 0 amide bonds. The summed E-state index contributed by atoms with van der Waals surface area (Å²) in [6.07, 6.45) is 3.30. The maximum atomic E-state index is 8.28. The van der Waals surface area contributed by atoms with Crippen LogP contribution in [0.3, 0.4) is 0 Å². The summed E-state index contributed by atoms with van der Waals surface area (Å²) >= 11 is 0. The van der Waals surface area contributed by atoms with Gasteiger partial charge in [-0.2, -0.15) is 5.26 Å². The molecule has 1 rings (SSSR count). The molecule has 0 spiro atoms. The normalized spacial score (nSPS) is 9.82. The third kappa shape index (κ3) is 1.94. The van der Waals surface area contributed by atoms with E-state index >= 15 is 0 Å². The van der Waals surface area contributed by atoms with Crippen LogP contribution in [0, 0.1) is 18.3 Å². The molecule has 1 aromatic carbocycles. The van der Waals surface area contributed by atoms with Gasteiger partial charge >= 0.3 is 0 Å². The molecule has 1 nitrogen and oxygen atoms in total. The first-order valence-corrected chi connectivity index (χ1v) is 3.46. The van der Waals surface area contributed by atoms with Gasteiger partial charge in [0.2, 0.25) is 0 Å². The molecule has 0 atom stereocenters. The van der Waals surface area contributed by atoms with E-state index < -0.39 is 0 Å². The predicted molar refractivity (Wildman–Crippen MR) is 45.8 cm³/mol. The molecule has 0 N–H and O–H groups in total. The molecule has 0 aromatic heterocycles. The molecule has 0 aliphatic rings. The van der Waals surface area contributed by atoms with Crippen molar-refractivity contribution in [3.05, 3.63) is 41.5 Å². The van der Waals surface area contributed by atoms with Crippen LogP contribution in [-0.4, -0.2) is 0 Å². The Kier molecular flexibility index (Phi) is 2.46. The molecule has 0 aliphatic carbocycles. The van der Waals surface area contributed by atoms with Gasteiger partial charge in [-0.3, -0.25) is 0 Å². The zero-order valence-electron chi connectivity index (χ0n) is 6.41. The standard InChI is InChI=1S/C10H9N/c1-9-5-2-3-6-10(9)7-4-8-11/h2-7H,1H3/b7-4+. The van der Waals surface area contributed by atoms with Crippen LogP contribution in [0.15, 0.2) is 30.3 Å². The molecule has 0 aliphatic heterocycles. The minimum atomic E-state index is 1.11. The lowest BCUT2D eigenvalue weighted by atomic mass is 10.1. The van der Waals surface area contributed by atoms with Gasteiger partial charge in [0.1, 0.15) is 0 Å².